The summed E-state index contributed by atoms with van der Waals surface area (Å²) in [6, 6.07) is 16.7. The molecule has 0 radical (unpaired) electrons. The first kappa shape index (κ1) is 19.6. The zero-order chi connectivity index (χ0) is 21.9. The second-order valence-corrected chi connectivity index (χ2v) is 7.63. The van der Waals surface area contributed by atoms with Crippen molar-refractivity contribution in [3.63, 3.8) is 0 Å². The van der Waals surface area contributed by atoms with Gasteiger partial charge in [0.15, 0.2) is 5.65 Å². The Morgan fingerprint density at radius 3 is 2.66 bits per heavy atom. The minimum atomic E-state index is -0.155. The van der Waals surface area contributed by atoms with Crippen LogP contribution < -0.4 is 5.32 Å². The van der Waals surface area contributed by atoms with E-state index in [1.807, 2.05) is 42.5 Å². The van der Waals surface area contributed by atoms with Gasteiger partial charge in [0.05, 0.1) is 5.69 Å². The highest BCUT2D eigenvalue weighted by atomic mass is 16.1. The summed E-state index contributed by atoms with van der Waals surface area (Å²) in [5, 5.41) is 7.35. The van der Waals surface area contributed by atoms with Gasteiger partial charge in [-0.15, -0.1) is 5.10 Å². The molecule has 1 aromatic carbocycles. The van der Waals surface area contributed by atoms with E-state index in [9.17, 15) is 9.59 Å². The Hall–Kier alpha value is -4.31. The molecule has 0 unspecified atom stereocenters. The monoisotopic (exact) mass is 421 g/mol. The van der Waals surface area contributed by atoms with Crippen molar-refractivity contribution >= 4 is 17.3 Å². The summed E-state index contributed by atoms with van der Waals surface area (Å²) >= 11 is 0. The third-order valence-electron chi connectivity index (χ3n) is 5.22. The van der Waals surface area contributed by atoms with Crippen LogP contribution in [0.4, 0.5) is 0 Å². The molecule has 7 nitrogen and oxygen atoms in total. The van der Waals surface area contributed by atoms with Crippen molar-refractivity contribution in [1.82, 2.24) is 24.9 Å². The topological polar surface area (TPSA) is 89.2 Å². The van der Waals surface area contributed by atoms with Crippen molar-refractivity contribution in [2.75, 3.05) is 0 Å². The third kappa shape index (κ3) is 4.25. The first-order valence-corrected chi connectivity index (χ1v) is 10.4. The van der Waals surface area contributed by atoms with Crippen LogP contribution in [0.5, 0.6) is 0 Å². The fraction of sp³-hybridized carbons (Fsp3) is 0.160. The minimum Gasteiger partial charge on any atom is -0.348 e. The van der Waals surface area contributed by atoms with Gasteiger partial charge in [-0.05, 0) is 60.6 Å². The van der Waals surface area contributed by atoms with E-state index in [-0.39, 0.29) is 17.6 Å². The Morgan fingerprint density at radius 1 is 1.06 bits per heavy atom. The van der Waals surface area contributed by atoms with Gasteiger partial charge in [0.2, 0.25) is 11.6 Å². The Morgan fingerprint density at radius 2 is 1.91 bits per heavy atom. The zero-order valence-electron chi connectivity index (χ0n) is 17.2. The maximum atomic E-state index is 12.5. The lowest BCUT2D eigenvalue weighted by molar-refractivity contribution is -0.114. The second-order valence-electron chi connectivity index (χ2n) is 7.63. The van der Waals surface area contributed by atoms with Crippen molar-refractivity contribution in [2.45, 2.75) is 19.4 Å². The molecule has 32 heavy (non-hydrogen) atoms. The first-order chi connectivity index (χ1) is 15.7. The Balaban J connectivity index is 1.34. The van der Waals surface area contributed by atoms with E-state index in [2.05, 4.69) is 32.2 Å². The van der Waals surface area contributed by atoms with Crippen LogP contribution in [0.2, 0.25) is 0 Å². The molecule has 0 aliphatic heterocycles. The number of benzene rings is 1. The molecule has 1 aliphatic carbocycles. The lowest BCUT2D eigenvalue weighted by Gasteiger charge is -2.07. The number of nitrogens with one attached hydrogen (secondary N) is 1. The molecule has 1 saturated carbocycles. The summed E-state index contributed by atoms with van der Waals surface area (Å²) in [5.41, 5.74) is 3.85. The maximum absolute atomic E-state index is 12.5. The molecule has 0 atom stereocenters. The number of nitrogens with zero attached hydrogens (tertiary/aromatic N) is 4. The van der Waals surface area contributed by atoms with E-state index in [0.29, 0.717) is 23.6 Å². The lowest BCUT2D eigenvalue weighted by Crippen LogP contribution is -2.22. The minimum absolute atomic E-state index is 0.0403. The number of pyridine rings is 2. The van der Waals surface area contributed by atoms with Crippen LogP contribution in [0.1, 0.15) is 34.6 Å². The van der Waals surface area contributed by atoms with Crippen molar-refractivity contribution in [1.29, 1.82) is 0 Å². The smallest absolute Gasteiger partial charge is 0.251 e. The molecule has 156 valence electrons. The van der Waals surface area contributed by atoms with Gasteiger partial charge in [-0.3, -0.25) is 14.6 Å². The van der Waals surface area contributed by atoms with Gasteiger partial charge in [-0.2, -0.15) is 4.98 Å². The highest BCUT2D eigenvalue weighted by Gasteiger charge is 2.28. The predicted octanol–water partition coefficient (Wildman–Crippen LogP) is 3.05. The highest BCUT2D eigenvalue weighted by Crippen LogP contribution is 2.29. The summed E-state index contributed by atoms with van der Waals surface area (Å²) < 4.78 is 1.70. The van der Waals surface area contributed by atoms with Crippen molar-refractivity contribution in [3.8, 4) is 23.1 Å². The molecule has 1 fully saturated rings. The maximum Gasteiger partial charge on any atom is 0.251 e. The first-order valence-electron chi connectivity index (χ1n) is 10.4. The van der Waals surface area contributed by atoms with Gasteiger partial charge in [0, 0.05) is 36.0 Å². The van der Waals surface area contributed by atoms with E-state index in [4.69, 9.17) is 0 Å². The summed E-state index contributed by atoms with van der Waals surface area (Å²) in [6.07, 6.45) is 5.27. The van der Waals surface area contributed by atoms with Crippen LogP contribution in [0, 0.1) is 17.8 Å². The molecule has 1 amide bonds. The molecule has 3 aromatic heterocycles. The Kier molecular flexibility index (Phi) is 5.18. The second kappa shape index (κ2) is 8.44. The number of carbonyl (C=O) groups excluding carboxylic acids is 2. The molecular weight excluding hydrogens is 402 g/mol. The lowest BCUT2D eigenvalue weighted by atomic mass is 10.1. The Bertz CT molecular complexity index is 1360. The molecule has 0 spiro atoms. The number of aromatic nitrogens is 4. The molecule has 1 N–H and O–H groups in total. The van der Waals surface area contributed by atoms with Gasteiger partial charge in [-0.25, -0.2) is 4.52 Å². The SMILES string of the molecule is O=C(NCc1cccnc1)c1ccc(-c2cccc3nc(C#CC(=O)C4CC4)nn23)cc1. The number of Topliss-reactive ketones (excluding diaryl/α,β-unsaturated/α-hetero) is 1. The number of carbonyl (C=O) groups is 2. The fourth-order valence-electron chi connectivity index (χ4n) is 3.32. The van der Waals surface area contributed by atoms with Gasteiger partial charge >= 0.3 is 0 Å². The van der Waals surface area contributed by atoms with Gasteiger partial charge in [0.1, 0.15) is 0 Å². The van der Waals surface area contributed by atoms with Crippen molar-refractivity contribution < 1.29 is 9.59 Å². The molecule has 0 saturated heterocycles. The van der Waals surface area contributed by atoms with Crippen LogP contribution in [-0.4, -0.2) is 31.3 Å². The van der Waals surface area contributed by atoms with Gasteiger partial charge in [0.25, 0.3) is 5.91 Å². The molecule has 1 aliphatic rings. The van der Waals surface area contributed by atoms with Crippen molar-refractivity contribution in [3.05, 3.63) is 83.9 Å². The van der Waals surface area contributed by atoms with Crippen LogP contribution in [0.3, 0.4) is 0 Å². The number of hydrogen-bond donors (Lipinski definition) is 1. The van der Waals surface area contributed by atoms with Gasteiger partial charge in [-0.1, -0.05) is 24.3 Å². The highest BCUT2D eigenvalue weighted by molar-refractivity contribution is 5.99. The van der Waals surface area contributed by atoms with E-state index in [1.165, 1.54) is 0 Å². The summed E-state index contributed by atoms with van der Waals surface area (Å²) in [4.78, 5) is 32.7. The normalized spacial score (nSPS) is 12.8. The quantitative estimate of drug-likeness (QED) is 0.501. The van der Waals surface area contributed by atoms with Crippen LogP contribution in [0.25, 0.3) is 16.9 Å². The number of rotatable bonds is 5. The van der Waals surface area contributed by atoms with Crippen LogP contribution >= 0.6 is 0 Å². The van der Waals surface area contributed by atoms with Crippen LogP contribution in [-0.2, 0) is 11.3 Å². The summed E-state index contributed by atoms with van der Waals surface area (Å²) in [7, 11) is 0. The van der Waals surface area contributed by atoms with E-state index in [0.717, 1.165) is 29.7 Å². The summed E-state index contributed by atoms with van der Waals surface area (Å²) in [5.74, 6) is 5.65. The average Bonchev–Trinajstić information content (AvgIpc) is 3.60. The van der Waals surface area contributed by atoms with Crippen LogP contribution in [0.15, 0.2) is 67.0 Å². The van der Waals surface area contributed by atoms with Crippen molar-refractivity contribution in [2.24, 2.45) is 5.92 Å². The molecule has 7 heteroatoms. The largest absolute Gasteiger partial charge is 0.348 e. The average molecular weight is 421 g/mol. The molecule has 3 heterocycles. The van der Waals surface area contributed by atoms with E-state index in [1.54, 1.807) is 29.0 Å². The molecule has 4 aromatic rings. The molecule has 5 rings (SSSR count). The number of fused-ring (bicyclic) bond motifs is 1. The zero-order valence-corrected chi connectivity index (χ0v) is 17.2. The standard InChI is InChI=1S/C25H19N5O2/c31-22(19-8-9-19)12-13-23-28-24-5-1-4-21(30(24)29-23)18-6-10-20(11-7-18)25(32)27-16-17-3-2-14-26-15-17/h1-7,10-11,14-15,19H,8-9,16H2,(H,27,32). The molecule has 0 bridgehead atoms. The number of ketones is 1. The predicted molar refractivity (Wildman–Crippen MR) is 118 cm³/mol. The Labute approximate surface area is 184 Å². The number of hydrogen-bond acceptors (Lipinski definition) is 5. The fourth-order valence-corrected chi connectivity index (χ4v) is 3.32. The van der Waals surface area contributed by atoms with E-state index < -0.39 is 0 Å². The summed E-state index contributed by atoms with van der Waals surface area (Å²) in [6.45, 7) is 0.416. The number of amides is 1. The van der Waals surface area contributed by atoms with Gasteiger partial charge < -0.3 is 5.32 Å². The third-order valence-corrected chi connectivity index (χ3v) is 5.22. The molecular formula is C25H19N5O2. The van der Waals surface area contributed by atoms with E-state index >= 15 is 0 Å².